The predicted octanol–water partition coefficient (Wildman–Crippen LogP) is 1.75. The molecular weight excluding hydrogens is 254 g/mol. The van der Waals surface area contributed by atoms with E-state index in [1.54, 1.807) is 6.33 Å². The molecular formula is C15H17N3O2. The summed E-state index contributed by atoms with van der Waals surface area (Å²) in [6.45, 7) is 1.33. The number of aliphatic hydroxyl groups is 1. The number of anilines is 1. The lowest BCUT2D eigenvalue weighted by Gasteiger charge is -2.11. The lowest BCUT2D eigenvalue weighted by Crippen LogP contribution is -2.10. The minimum Gasteiger partial charge on any atom is -0.487 e. The Balaban J connectivity index is 1.91. The van der Waals surface area contributed by atoms with Crippen molar-refractivity contribution in [2.75, 3.05) is 18.5 Å². The van der Waals surface area contributed by atoms with E-state index in [9.17, 15) is 0 Å². The fourth-order valence-electron chi connectivity index (χ4n) is 2.32. The second-order valence-corrected chi connectivity index (χ2v) is 4.72. The molecule has 0 atom stereocenters. The summed E-state index contributed by atoms with van der Waals surface area (Å²) in [6, 6.07) is 8.03. The summed E-state index contributed by atoms with van der Waals surface area (Å²) < 4.78 is 5.80. The number of fused-ring (bicyclic) bond motifs is 2. The van der Waals surface area contributed by atoms with E-state index in [-0.39, 0.29) is 6.61 Å². The molecule has 0 saturated heterocycles. The SMILES string of the molecule is OCCCNc1ncnc2c1Cc1ccccc1OC2. The zero-order valence-electron chi connectivity index (χ0n) is 11.2. The Labute approximate surface area is 117 Å². The fourth-order valence-corrected chi connectivity index (χ4v) is 2.32. The van der Waals surface area contributed by atoms with Gasteiger partial charge in [0.25, 0.3) is 0 Å². The van der Waals surface area contributed by atoms with Crippen molar-refractivity contribution in [1.29, 1.82) is 0 Å². The van der Waals surface area contributed by atoms with E-state index in [0.29, 0.717) is 19.6 Å². The Bertz CT molecular complexity index is 601. The van der Waals surface area contributed by atoms with Gasteiger partial charge >= 0.3 is 0 Å². The number of hydrogen-bond donors (Lipinski definition) is 2. The third-order valence-corrected chi connectivity index (χ3v) is 3.37. The van der Waals surface area contributed by atoms with Gasteiger partial charge < -0.3 is 15.2 Å². The van der Waals surface area contributed by atoms with Crippen LogP contribution in [0.25, 0.3) is 0 Å². The molecule has 0 saturated carbocycles. The van der Waals surface area contributed by atoms with E-state index < -0.39 is 0 Å². The molecule has 5 heteroatoms. The summed E-state index contributed by atoms with van der Waals surface area (Å²) in [7, 11) is 0. The maximum Gasteiger partial charge on any atom is 0.133 e. The lowest BCUT2D eigenvalue weighted by molar-refractivity contribution is 0.292. The van der Waals surface area contributed by atoms with E-state index in [4.69, 9.17) is 9.84 Å². The number of rotatable bonds is 4. The van der Waals surface area contributed by atoms with Crippen LogP contribution in [0, 0.1) is 0 Å². The Morgan fingerprint density at radius 3 is 3.05 bits per heavy atom. The van der Waals surface area contributed by atoms with Crippen molar-refractivity contribution in [3.8, 4) is 5.75 Å². The molecule has 104 valence electrons. The van der Waals surface area contributed by atoms with Gasteiger partial charge in [-0.15, -0.1) is 0 Å². The van der Waals surface area contributed by atoms with Gasteiger partial charge in [-0.05, 0) is 18.1 Å². The second kappa shape index (κ2) is 5.88. The van der Waals surface area contributed by atoms with Crippen molar-refractivity contribution in [3.05, 3.63) is 47.4 Å². The summed E-state index contributed by atoms with van der Waals surface area (Å²) in [4.78, 5) is 8.64. The molecule has 2 aromatic rings. The van der Waals surface area contributed by atoms with Gasteiger partial charge in [-0.3, -0.25) is 0 Å². The lowest BCUT2D eigenvalue weighted by atomic mass is 10.0. The van der Waals surface area contributed by atoms with Crippen molar-refractivity contribution in [1.82, 2.24) is 9.97 Å². The number of benzene rings is 1. The van der Waals surface area contributed by atoms with Crippen LogP contribution >= 0.6 is 0 Å². The maximum atomic E-state index is 8.87. The number of ether oxygens (including phenoxy) is 1. The van der Waals surface area contributed by atoms with Crippen LogP contribution in [-0.2, 0) is 13.0 Å². The van der Waals surface area contributed by atoms with Crippen LogP contribution in [0.5, 0.6) is 5.75 Å². The van der Waals surface area contributed by atoms with Crippen molar-refractivity contribution in [3.63, 3.8) is 0 Å². The van der Waals surface area contributed by atoms with Gasteiger partial charge in [0.05, 0.1) is 5.69 Å². The Kier molecular flexibility index (Phi) is 3.78. The smallest absolute Gasteiger partial charge is 0.133 e. The summed E-state index contributed by atoms with van der Waals surface area (Å²) in [5.41, 5.74) is 3.14. The third-order valence-electron chi connectivity index (χ3n) is 3.37. The highest BCUT2D eigenvalue weighted by Crippen LogP contribution is 2.29. The van der Waals surface area contributed by atoms with Crippen molar-refractivity contribution in [2.45, 2.75) is 19.4 Å². The first-order chi connectivity index (χ1) is 9.88. The van der Waals surface area contributed by atoms with Gasteiger partial charge in [0, 0.05) is 25.1 Å². The topological polar surface area (TPSA) is 67.3 Å². The van der Waals surface area contributed by atoms with Crippen molar-refractivity contribution >= 4 is 5.82 Å². The van der Waals surface area contributed by atoms with E-state index in [0.717, 1.165) is 34.8 Å². The molecule has 0 spiro atoms. The quantitative estimate of drug-likeness (QED) is 0.829. The van der Waals surface area contributed by atoms with Crippen molar-refractivity contribution < 1.29 is 9.84 Å². The van der Waals surface area contributed by atoms with Crippen LogP contribution in [0.15, 0.2) is 30.6 Å². The molecule has 0 unspecified atom stereocenters. The molecule has 20 heavy (non-hydrogen) atoms. The van der Waals surface area contributed by atoms with Gasteiger partial charge in [-0.1, -0.05) is 18.2 Å². The zero-order valence-corrected chi connectivity index (χ0v) is 11.2. The first-order valence-corrected chi connectivity index (χ1v) is 6.76. The average molecular weight is 271 g/mol. The van der Waals surface area contributed by atoms with Gasteiger partial charge in [0.1, 0.15) is 24.5 Å². The predicted molar refractivity (Wildman–Crippen MR) is 75.8 cm³/mol. The number of para-hydroxylation sites is 1. The number of aliphatic hydroxyl groups excluding tert-OH is 1. The van der Waals surface area contributed by atoms with Crippen LogP contribution in [0.4, 0.5) is 5.82 Å². The number of aromatic nitrogens is 2. The van der Waals surface area contributed by atoms with Crippen molar-refractivity contribution in [2.24, 2.45) is 0 Å². The average Bonchev–Trinajstić information content (AvgIpc) is 2.67. The van der Waals surface area contributed by atoms with Crippen LogP contribution in [0.1, 0.15) is 23.2 Å². The second-order valence-electron chi connectivity index (χ2n) is 4.72. The van der Waals surface area contributed by atoms with Crippen LogP contribution in [-0.4, -0.2) is 28.2 Å². The fraction of sp³-hybridized carbons (Fsp3) is 0.333. The number of nitrogens with zero attached hydrogens (tertiary/aromatic N) is 2. The molecule has 5 nitrogen and oxygen atoms in total. The standard InChI is InChI=1S/C15H17N3O2/c19-7-3-6-16-15-12-8-11-4-1-2-5-14(11)20-9-13(12)17-10-18-15/h1-2,4-5,10,19H,3,6-9H2,(H,16,17,18). The number of nitrogens with one attached hydrogen (secondary N) is 1. The zero-order chi connectivity index (χ0) is 13.8. The van der Waals surface area contributed by atoms with Gasteiger partial charge in [0.15, 0.2) is 0 Å². The highest BCUT2D eigenvalue weighted by Gasteiger charge is 2.18. The molecule has 2 N–H and O–H groups in total. The Morgan fingerprint density at radius 1 is 1.25 bits per heavy atom. The molecule has 0 radical (unpaired) electrons. The minimum absolute atomic E-state index is 0.173. The number of hydrogen-bond acceptors (Lipinski definition) is 5. The molecule has 1 aromatic carbocycles. The summed E-state index contributed by atoms with van der Waals surface area (Å²) >= 11 is 0. The molecule has 0 bridgehead atoms. The first-order valence-electron chi connectivity index (χ1n) is 6.76. The van der Waals surface area contributed by atoms with Gasteiger partial charge in [-0.2, -0.15) is 0 Å². The molecule has 2 heterocycles. The Morgan fingerprint density at radius 2 is 2.15 bits per heavy atom. The van der Waals surface area contributed by atoms with Gasteiger partial charge in [-0.25, -0.2) is 9.97 Å². The molecule has 0 amide bonds. The molecule has 0 fully saturated rings. The highest BCUT2D eigenvalue weighted by atomic mass is 16.5. The first kappa shape index (κ1) is 12.9. The largest absolute Gasteiger partial charge is 0.487 e. The summed E-state index contributed by atoms with van der Waals surface area (Å²) in [5, 5.41) is 12.1. The van der Waals surface area contributed by atoms with E-state index in [2.05, 4.69) is 21.4 Å². The van der Waals surface area contributed by atoms with Crippen LogP contribution in [0.2, 0.25) is 0 Å². The van der Waals surface area contributed by atoms with E-state index in [1.165, 1.54) is 0 Å². The van der Waals surface area contributed by atoms with E-state index in [1.807, 2.05) is 18.2 Å². The maximum absolute atomic E-state index is 8.87. The monoisotopic (exact) mass is 271 g/mol. The third kappa shape index (κ3) is 2.58. The normalized spacial score (nSPS) is 12.8. The summed E-state index contributed by atoms with van der Waals surface area (Å²) in [5.74, 6) is 1.75. The molecule has 1 aromatic heterocycles. The minimum atomic E-state index is 0.173. The van der Waals surface area contributed by atoms with Crippen LogP contribution < -0.4 is 10.1 Å². The van der Waals surface area contributed by atoms with E-state index >= 15 is 0 Å². The van der Waals surface area contributed by atoms with Crippen LogP contribution in [0.3, 0.4) is 0 Å². The van der Waals surface area contributed by atoms with Gasteiger partial charge in [0.2, 0.25) is 0 Å². The molecule has 3 rings (SSSR count). The molecule has 1 aliphatic heterocycles. The molecule has 0 aliphatic carbocycles. The summed E-state index contributed by atoms with van der Waals surface area (Å²) in [6.07, 6.45) is 3.01. The highest BCUT2D eigenvalue weighted by molar-refractivity contribution is 5.51. The Hall–Kier alpha value is -2.14. The molecule has 1 aliphatic rings.